The number of hydrogen-bond acceptors (Lipinski definition) is 15. The number of nitrogens with two attached hydrogens (primary N) is 1. The standard InChI is InChI=1S/C41H69N6O13P/c1-6-7-8-9-10-11-12-13-14-15-16-17-18-19-20-23-45(34(49)26-29-31(28-54-2)59-38(35(29)55-3)46-24-21-32(42)43-40(46)50)27-30-36(60-61(52,53)57-5)37(56-4)39(58-30)47-25-22-33(48)44-41(47)51/h21-22,24-25,29-31,35-39H,6-20,23,26-28H2,1-5H3,(H,52,53)(H2,42,43,50)(H,44,48,51)/p-1/t29?,30-,31-,35?,36+,37?,38-,39-/m1/s1. The van der Waals surface area contributed by atoms with Crippen LogP contribution in [0, 0.1) is 5.92 Å². The lowest BCUT2D eigenvalue weighted by molar-refractivity contribution is -0.231. The minimum Gasteiger partial charge on any atom is -0.756 e. The Morgan fingerprint density at radius 2 is 1.38 bits per heavy atom. The molecule has 3 N–H and O–H groups in total. The molecule has 2 saturated heterocycles. The van der Waals surface area contributed by atoms with Crippen LogP contribution < -0.4 is 27.6 Å². The molecule has 4 unspecified atom stereocenters. The monoisotopic (exact) mass is 883 g/mol. The Kier molecular flexibility index (Phi) is 21.3. The summed E-state index contributed by atoms with van der Waals surface area (Å²) in [7, 11) is 0.304. The van der Waals surface area contributed by atoms with Crippen molar-refractivity contribution in [1.82, 2.24) is 24.0 Å². The number of methoxy groups -OCH3 is 3. The molecule has 9 atom stereocenters. The molecule has 0 saturated carbocycles. The van der Waals surface area contributed by atoms with Crippen LogP contribution in [-0.4, -0.2) is 109 Å². The second-order valence-corrected chi connectivity index (χ2v) is 17.4. The Morgan fingerprint density at radius 1 is 0.820 bits per heavy atom. The third-order valence-corrected chi connectivity index (χ3v) is 12.5. The quantitative estimate of drug-likeness (QED) is 0.0865. The number of rotatable bonds is 29. The summed E-state index contributed by atoms with van der Waals surface area (Å²) in [4.78, 5) is 72.6. The molecule has 2 fully saturated rings. The molecule has 0 bridgehead atoms. The van der Waals surface area contributed by atoms with Crippen LogP contribution in [0.25, 0.3) is 0 Å². The maximum Gasteiger partial charge on any atom is 0.351 e. The minimum atomic E-state index is -4.91. The number of phosphoric ester groups is 1. The van der Waals surface area contributed by atoms with E-state index in [1.807, 2.05) is 0 Å². The summed E-state index contributed by atoms with van der Waals surface area (Å²) in [6, 6.07) is 2.58. The Balaban J connectivity index is 1.50. The molecule has 19 nitrogen and oxygen atoms in total. The van der Waals surface area contributed by atoms with Gasteiger partial charge in [-0.3, -0.25) is 28.3 Å². The fourth-order valence-corrected chi connectivity index (χ4v) is 8.95. The molecule has 4 rings (SSSR count). The number of amides is 1. The summed E-state index contributed by atoms with van der Waals surface area (Å²) in [5, 5.41) is 0. The van der Waals surface area contributed by atoms with Gasteiger partial charge in [0.15, 0.2) is 12.5 Å². The van der Waals surface area contributed by atoms with Crippen LogP contribution in [-0.2, 0) is 42.1 Å². The predicted octanol–water partition coefficient (Wildman–Crippen LogP) is 4.05. The Labute approximate surface area is 358 Å². The molecule has 0 aromatic carbocycles. The fraction of sp³-hybridized carbons (Fsp3) is 0.780. The van der Waals surface area contributed by atoms with Gasteiger partial charge in [0.2, 0.25) is 5.91 Å². The van der Waals surface area contributed by atoms with Crippen molar-refractivity contribution in [2.45, 2.75) is 153 Å². The number of aromatic amines is 1. The molecule has 61 heavy (non-hydrogen) atoms. The first kappa shape index (κ1) is 50.4. The number of ether oxygens (including phenoxy) is 5. The van der Waals surface area contributed by atoms with E-state index in [0.717, 1.165) is 43.4 Å². The molecule has 20 heteroatoms. The summed E-state index contributed by atoms with van der Waals surface area (Å²) in [5.41, 5.74) is 3.63. The second kappa shape index (κ2) is 25.8. The number of carbonyl (C=O) groups is 1. The third-order valence-electron chi connectivity index (χ3n) is 11.6. The Hall–Kier alpha value is -3.26. The first-order chi connectivity index (χ1) is 29.4. The molecule has 1 amide bonds. The lowest BCUT2D eigenvalue weighted by Crippen LogP contribution is -2.46. The zero-order chi connectivity index (χ0) is 44.4. The van der Waals surface area contributed by atoms with E-state index in [2.05, 4.69) is 21.4 Å². The van der Waals surface area contributed by atoms with Crippen LogP contribution in [0.3, 0.4) is 0 Å². The van der Waals surface area contributed by atoms with Crippen molar-refractivity contribution < 1.29 is 47.0 Å². The molecule has 0 radical (unpaired) electrons. The fourth-order valence-electron chi connectivity index (χ4n) is 8.31. The van der Waals surface area contributed by atoms with Crippen molar-refractivity contribution in [3.8, 4) is 0 Å². The molecule has 2 aliphatic heterocycles. The van der Waals surface area contributed by atoms with Gasteiger partial charge in [0.05, 0.1) is 12.7 Å². The van der Waals surface area contributed by atoms with E-state index in [4.69, 9.17) is 33.9 Å². The topological polar surface area (TPSA) is 241 Å². The van der Waals surface area contributed by atoms with Crippen molar-refractivity contribution in [3.63, 3.8) is 0 Å². The maximum atomic E-state index is 14.6. The van der Waals surface area contributed by atoms with Gasteiger partial charge < -0.3 is 48.3 Å². The van der Waals surface area contributed by atoms with Crippen LogP contribution in [0.1, 0.15) is 122 Å². The van der Waals surface area contributed by atoms with Crippen LogP contribution >= 0.6 is 7.82 Å². The molecular weight excluding hydrogens is 815 g/mol. The number of nitrogens with one attached hydrogen (secondary N) is 1. The van der Waals surface area contributed by atoms with Gasteiger partial charge >= 0.3 is 11.4 Å². The summed E-state index contributed by atoms with van der Waals surface area (Å²) in [6.45, 7) is 2.45. The molecule has 0 spiro atoms. The van der Waals surface area contributed by atoms with Gasteiger partial charge in [0.1, 0.15) is 30.2 Å². The van der Waals surface area contributed by atoms with E-state index >= 15 is 0 Å². The van der Waals surface area contributed by atoms with E-state index in [9.17, 15) is 28.6 Å². The van der Waals surface area contributed by atoms with Gasteiger partial charge in [-0.25, -0.2) is 9.59 Å². The first-order valence-corrected chi connectivity index (χ1v) is 23.2. The maximum absolute atomic E-state index is 14.6. The van der Waals surface area contributed by atoms with E-state index in [0.29, 0.717) is 6.42 Å². The zero-order valence-corrected chi connectivity index (χ0v) is 37.4. The highest BCUT2D eigenvalue weighted by Crippen LogP contribution is 2.45. The lowest BCUT2D eigenvalue weighted by Gasteiger charge is -2.33. The summed E-state index contributed by atoms with van der Waals surface area (Å²) in [5.74, 6) is -0.883. The largest absolute Gasteiger partial charge is 0.756 e. The molecule has 346 valence electrons. The first-order valence-electron chi connectivity index (χ1n) is 21.7. The predicted molar refractivity (Wildman–Crippen MR) is 225 cm³/mol. The van der Waals surface area contributed by atoms with E-state index < -0.39 is 73.7 Å². The molecule has 2 aromatic heterocycles. The number of aromatic nitrogens is 4. The van der Waals surface area contributed by atoms with Crippen LogP contribution in [0.5, 0.6) is 0 Å². The number of phosphoric acid groups is 1. The SMILES string of the molecule is CCCCCCCCCCCCCCCCCN(C[C@H]1O[C@@H](n2ccc(=O)[nH]c2=O)C(OC)[C@H]1OP(=O)([O-])OC)C(=O)CC1C(OC)[C@H](n2ccc(N)nc2=O)O[C@@H]1COC. The molecular formula is C41H68N6O13P-. The number of nitrogen functional groups attached to an aromatic ring is 1. The highest BCUT2D eigenvalue weighted by Gasteiger charge is 2.51. The van der Waals surface area contributed by atoms with Gasteiger partial charge in [-0.2, -0.15) is 4.98 Å². The second-order valence-electron chi connectivity index (χ2n) is 15.9. The van der Waals surface area contributed by atoms with Crippen molar-refractivity contribution in [3.05, 3.63) is 55.8 Å². The van der Waals surface area contributed by atoms with Gasteiger partial charge in [0, 0.05) is 72.3 Å². The van der Waals surface area contributed by atoms with E-state index in [1.54, 1.807) is 4.90 Å². The molecule has 0 aliphatic carbocycles. The van der Waals surface area contributed by atoms with Gasteiger partial charge in [-0.15, -0.1) is 0 Å². The van der Waals surface area contributed by atoms with Gasteiger partial charge in [-0.05, 0) is 12.5 Å². The van der Waals surface area contributed by atoms with Gasteiger partial charge in [0.25, 0.3) is 13.4 Å². The Bertz CT molecular complexity index is 1840. The lowest BCUT2D eigenvalue weighted by atomic mass is 9.93. The number of H-pyrrole nitrogens is 1. The zero-order valence-electron chi connectivity index (χ0n) is 36.5. The number of hydrogen-bond donors (Lipinski definition) is 2. The molecule has 4 heterocycles. The Morgan fingerprint density at radius 3 is 1.92 bits per heavy atom. The average molecular weight is 884 g/mol. The smallest absolute Gasteiger partial charge is 0.351 e. The van der Waals surface area contributed by atoms with Gasteiger partial charge in [-0.1, -0.05) is 96.8 Å². The highest BCUT2D eigenvalue weighted by atomic mass is 31.2. The molecule has 2 aliphatic rings. The van der Waals surface area contributed by atoms with Crippen molar-refractivity contribution >= 4 is 19.5 Å². The minimum absolute atomic E-state index is 0.0430. The number of carbonyl (C=O) groups excluding carboxylic acids is 1. The van der Waals surface area contributed by atoms with Crippen LogP contribution in [0.15, 0.2) is 38.9 Å². The summed E-state index contributed by atoms with van der Waals surface area (Å²) < 4.78 is 54.8. The van der Waals surface area contributed by atoms with Crippen LogP contribution in [0.4, 0.5) is 5.82 Å². The number of unbranched alkanes of at least 4 members (excludes halogenated alkanes) is 14. The van der Waals surface area contributed by atoms with Crippen LogP contribution in [0.2, 0.25) is 0 Å². The van der Waals surface area contributed by atoms with E-state index in [1.165, 1.54) is 109 Å². The third kappa shape index (κ3) is 14.9. The number of nitrogens with zero attached hydrogens (tertiary/aromatic N) is 4. The molecule has 2 aromatic rings. The summed E-state index contributed by atoms with van der Waals surface area (Å²) >= 11 is 0. The van der Waals surface area contributed by atoms with Crippen molar-refractivity contribution in [1.29, 1.82) is 0 Å². The summed E-state index contributed by atoms with van der Waals surface area (Å²) in [6.07, 6.45) is 12.8. The van der Waals surface area contributed by atoms with E-state index in [-0.39, 0.29) is 37.8 Å². The average Bonchev–Trinajstić information content (AvgIpc) is 3.74. The number of anilines is 1. The van der Waals surface area contributed by atoms with Crippen molar-refractivity contribution in [2.75, 3.05) is 53.9 Å². The normalized spacial score (nSPS) is 24.9. The highest BCUT2D eigenvalue weighted by molar-refractivity contribution is 7.45. The van der Waals surface area contributed by atoms with Crippen molar-refractivity contribution in [2.24, 2.45) is 5.92 Å².